The summed E-state index contributed by atoms with van der Waals surface area (Å²) in [5.41, 5.74) is 0. The number of carbonyl (C=O) groups is 2. The summed E-state index contributed by atoms with van der Waals surface area (Å²) in [6, 6.07) is 0.579. The maximum atomic E-state index is 12.5. The van der Waals surface area contributed by atoms with Gasteiger partial charge in [-0.05, 0) is 64.1 Å². The first kappa shape index (κ1) is 17.1. The predicted molar refractivity (Wildman–Crippen MR) is 96.1 cm³/mol. The molecule has 140 valence electrons. The van der Waals surface area contributed by atoms with Gasteiger partial charge in [-0.25, -0.2) is 4.79 Å². The smallest absolute Gasteiger partial charge is 0.317 e. The third-order valence-corrected chi connectivity index (χ3v) is 6.71. The van der Waals surface area contributed by atoms with Crippen LogP contribution in [-0.2, 0) is 4.79 Å². The van der Waals surface area contributed by atoms with Gasteiger partial charge in [0.25, 0.3) is 0 Å². The third-order valence-electron chi connectivity index (χ3n) is 6.71. The fourth-order valence-corrected chi connectivity index (χ4v) is 4.88. The minimum Gasteiger partial charge on any atom is -0.339 e. The fraction of sp³-hybridized carbons (Fsp3) is 0.895. The Kier molecular flexibility index (Phi) is 4.89. The van der Waals surface area contributed by atoms with E-state index < -0.39 is 0 Å². The highest BCUT2D eigenvalue weighted by Crippen LogP contribution is 2.33. The Bertz CT molecular complexity index is 514. The second-order valence-electron chi connectivity index (χ2n) is 8.67. The van der Waals surface area contributed by atoms with Crippen molar-refractivity contribution in [2.24, 2.45) is 17.8 Å². The van der Waals surface area contributed by atoms with Gasteiger partial charge < -0.3 is 20.0 Å². The van der Waals surface area contributed by atoms with Crippen LogP contribution >= 0.6 is 0 Å². The first-order chi connectivity index (χ1) is 12.1. The molecule has 4 aliphatic rings. The summed E-state index contributed by atoms with van der Waals surface area (Å²) in [7, 11) is 2.20. The zero-order chi connectivity index (χ0) is 17.4. The number of nitrogens with one attached hydrogen (secondary N) is 1. The minimum atomic E-state index is 0.0766. The highest BCUT2D eigenvalue weighted by atomic mass is 16.2. The molecule has 0 aromatic rings. The molecule has 0 aromatic carbocycles. The third kappa shape index (κ3) is 3.94. The Labute approximate surface area is 150 Å². The van der Waals surface area contributed by atoms with Gasteiger partial charge in [0, 0.05) is 44.6 Å². The van der Waals surface area contributed by atoms with Crippen LogP contribution in [0.3, 0.4) is 0 Å². The van der Waals surface area contributed by atoms with Crippen molar-refractivity contribution in [2.45, 2.75) is 44.6 Å². The average molecular weight is 348 g/mol. The molecule has 2 atom stereocenters. The van der Waals surface area contributed by atoms with Crippen molar-refractivity contribution in [3.05, 3.63) is 0 Å². The van der Waals surface area contributed by atoms with Crippen molar-refractivity contribution in [1.82, 2.24) is 20.0 Å². The lowest BCUT2D eigenvalue weighted by Gasteiger charge is -2.32. The van der Waals surface area contributed by atoms with Crippen LogP contribution in [0.5, 0.6) is 0 Å². The number of piperidine rings is 1. The lowest BCUT2D eigenvalue weighted by atomic mass is 9.84. The Morgan fingerprint density at radius 1 is 1.04 bits per heavy atom. The first-order valence-corrected chi connectivity index (χ1v) is 10.1. The molecular weight excluding hydrogens is 316 g/mol. The number of carbonyl (C=O) groups excluding carboxylic acids is 2. The quantitative estimate of drug-likeness (QED) is 0.835. The van der Waals surface area contributed by atoms with Crippen molar-refractivity contribution >= 4 is 11.9 Å². The molecule has 0 aromatic heterocycles. The van der Waals surface area contributed by atoms with Crippen LogP contribution < -0.4 is 5.32 Å². The molecule has 4 fully saturated rings. The molecule has 6 heteroatoms. The Morgan fingerprint density at radius 3 is 2.48 bits per heavy atom. The van der Waals surface area contributed by atoms with Gasteiger partial charge in [-0.15, -0.1) is 0 Å². The van der Waals surface area contributed by atoms with Crippen molar-refractivity contribution in [3.63, 3.8) is 0 Å². The molecule has 3 amide bonds. The predicted octanol–water partition coefficient (Wildman–Crippen LogP) is 1.37. The van der Waals surface area contributed by atoms with E-state index in [0.717, 1.165) is 44.8 Å². The van der Waals surface area contributed by atoms with Gasteiger partial charge in [0.05, 0.1) is 0 Å². The fourth-order valence-electron chi connectivity index (χ4n) is 4.88. The van der Waals surface area contributed by atoms with Crippen LogP contribution in [0.1, 0.15) is 38.5 Å². The molecule has 3 aliphatic heterocycles. The first-order valence-electron chi connectivity index (χ1n) is 10.1. The molecule has 2 unspecified atom stereocenters. The molecule has 1 saturated carbocycles. The number of nitrogens with zero attached hydrogens (tertiary/aromatic N) is 3. The number of amides is 3. The number of urea groups is 1. The minimum absolute atomic E-state index is 0.0766. The van der Waals surface area contributed by atoms with E-state index in [1.807, 2.05) is 9.80 Å². The summed E-state index contributed by atoms with van der Waals surface area (Å²) in [5.74, 6) is 2.04. The average Bonchev–Trinajstić information content (AvgIpc) is 3.20. The Hall–Kier alpha value is -1.30. The lowest BCUT2D eigenvalue weighted by molar-refractivity contribution is -0.128. The molecular formula is C19H32N4O2. The van der Waals surface area contributed by atoms with Gasteiger partial charge in [-0.1, -0.05) is 0 Å². The van der Waals surface area contributed by atoms with Gasteiger partial charge in [-0.2, -0.15) is 0 Å². The zero-order valence-electron chi connectivity index (χ0n) is 15.5. The maximum Gasteiger partial charge on any atom is 0.317 e. The number of likely N-dealkylation sites (tertiary alicyclic amines) is 3. The van der Waals surface area contributed by atoms with Gasteiger partial charge >= 0.3 is 6.03 Å². The van der Waals surface area contributed by atoms with E-state index in [0.29, 0.717) is 30.8 Å². The van der Waals surface area contributed by atoms with E-state index in [4.69, 9.17) is 0 Å². The number of rotatable bonds is 4. The molecule has 0 spiro atoms. The molecule has 1 aliphatic carbocycles. The normalized spacial score (nSPS) is 31.8. The molecule has 1 N–H and O–H groups in total. The van der Waals surface area contributed by atoms with Crippen molar-refractivity contribution in [1.29, 1.82) is 0 Å². The van der Waals surface area contributed by atoms with Crippen molar-refractivity contribution in [3.8, 4) is 0 Å². The summed E-state index contributed by atoms with van der Waals surface area (Å²) < 4.78 is 0. The van der Waals surface area contributed by atoms with E-state index in [9.17, 15) is 9.59 Å². The molecule has 0 radical (unpaired) electrons. The zero-order valence-corrected chi connectivity index (χ0v) is 15.5. The van der Waals surface area contributed by atoms with E-state index in [2.05, 4.69) is 17.3 Å². The van der Waals surface area contributed by atoms with Crippen molar-refractivity contribution < 1.29 is 9.59 Å². The van der Waals surface area contributed by atoms with E-state index >= 15 is 0 Å². The highest BCUT2D eigenvalue weighted by molar-refractivity contribution is 5.79. The SMILES string of the molecule is CN1CCC(C2CCN(C(=O)NCC3CC(=O)N(C4CC4)C3)C2)CC1. The number of hydrogen-bond acceptors (Lipinski definition) is 3. The largest absolute Gasteiger partial charge is 0.339 e. The summed E-state index contributed by atoms with van der Waals surface area (Å²) in [4.78, 5) is 30.9. The highest BCUT2D eigenvalue weighted by Gasteiger charge is 2.39. The molecule has 4 rings (SSSR count). The second kappa shape index (κ2) is 7.14. The van der Waals surface area contributed by atoms with E-state index in [1.54, 1.807) is 0 Å². The molecule has 25 heavy (non-hydrogen) atoms. The van der Waals surface area contributed by atoms with Crippen LogP contribution in [0.15, 0.2) is 0 Å². The summed E-state index contributed by atoms with van der Waals surface area (Å²) in [5, 5.41) is 3.10. The van der Waals surface area contributed by atoms with Crippen LogP contribution in [-0.4, -0.2) is 79.0 Å². The second-order valence-corrected chi connectivity index (χ2v) is 8.67. The monoisotopic (exact) mass is 348 g/mol. The van der Waals surface area contributed by atoms with Crippen LogP contribution in [0.4, 0.5) is 4.79 Å². The summed E-state index contributed by atoms with van der Waals surface area (Å²) in [6.45, 7) is 5.67. The number of hydrogen-bond donors (Lipinski definition) is 1. The molecule has 6 nitrogen and oxygen atoms in total. The van der Waals surface area contributed by atoms with E-state index in [-0.39, 0.29) is 11.9 Å². The van der Waals surface area contributed by atoms with Gasteiger partial charge in [0.1, 0.15) is 0 Å². The van der Waals surface area contributed by atoms with E-state index in [1.165, 1.54) is 25.9 Å². The van der Waals surface area contributed by atoms with Gasteiger partial charge in [0.2, 0.25) is 5.91 Å². The van der Waals surface area contributed by atoms with Crippen LogP contribution in [0.2, 0.25) is 0 Å². The van der Waals surface area contributed by atoms with Crippen LogP contribution in [0, 0.1) is 17.8 Å². The lowest BCUT2D eigenvalue weighted by Crippen LogP contribution is -2.41. The topological polar surface area (TPSA) is 55.9 Å². The molecule has 3 saturated heterocycles. The molecule has 0 bridgehead atoms. The van der Waals surface area contributed by atoms with Gasteiger partial charge in [0.15, 0.2) is 0 Å². The summed E-state index contributed by atoms with van der Waals surface area (Å²) in [6.07, 6.45) is 6.64. The van der Waals surface area contributed by atoms with Crippen molar-refractivity contribution in [2.75, 3.05) is 46.3 Å². The summed E-state index contributed by atoms with van der Waals surface area (Å²) >= 11 is 0. The van der Waals surface area contributed by atoms with Crippen LogP contribution in [0.25, 0.3) is 0 Å². The molecule has 3 heterocycles. The Balaban J connectivity index is 1.19. The standard InChI is InChI=1S/C19H32N4O2/c1-21-7-4-15(5-8-21)16-6-9-22(13-16)19(25)20-11-14-10-18(24)23(12-14)17-2-3-17/h14-17H,2-13H2,1H3,(H,20,25). The Morgan fingerprint density at radius 2 is 1.76 bits per heavy atom. The van der Waals surface area contributed by atoms with Gasteiger partial charge in [-0.3, -0.25) is 4.79 Å². The maximum absolute atomic E-state index is 12.5.